The predicted molar refractivity (Wildman–Crippen MR) is 82.0 cm³/mol. The van der Waals surface area contributed by atoms with E-state index >= 15 is 0 Å². The van der Waals surface area contributed by atoms with Crippen LogP contribution in [0.3, 0.4) is 0 Å². The molecule has 1 unspecified atom stereocenters. The first-order valence-electron chi connectivity index (χ1n) is 6.30. The summed E-state index contributed by atoms with van der Waals surface area (Å²) in [5, 5.41) is 1.98. The third-order valence-electron chi connectivity index (χ3n) is 2.58. The van der Waals surface area contributed by atoms with Gasteiger partial charge in [0, 0.05) is 23.4 Å². The molecule has 19 heavy (non-hydrogen) atoms. The summed E-state index contributed by atoms with van der Waals surface area (Å²) in [6.07, 6.45) is 2.84. The molecule has 2 rings (SSSR count). The number of ether oxygens (including phenoxy) is 1. The van der Waals surface area contributed by atoms with Crippen LogP contribution in [0.25, 0.3) is 0 Å². The Morgan fingerprint density at radius 3 is 2.79 bits per heavy atom. The molecule has 3 nitrogen and oxygen atoms in total. The minimum Gasteiger partial charge on any atom is -0.494 e. The van der Waals surface area contributed by atoms with E-state index in [1.165, 1.54) is 0 Å². The molecule has 0 aliphatic rings. The summed E-state index contributed by atoms with van der Waals surface area (Å²) in [7, 11) is 0. The molecule has 0 aliphatic carbocycles. The lowest BCUT2D eigenvalue weighted by molar-refractivity contribution is 0.317. The highest BCUT2D eigenvalue weighted by molar-refractivity contribution is 8.01. The molecule has 0 radical (unpaired) electrons. The van der Waals surface area contributed by atoms with E-state index in [-0.39, 0.29) is 6.04 Å². The minimum absolute atomic E-state index is 0.0223. The van der Waals surface area contributed by atoms with Crippen molar-refractivity contribution in [3.8, 4) is 5.75 Å². The summed E-state index contributed by atoms with van der Waals surface area (Å²) in [6.45, 7) is 2.85. The molecular formula is C14H18N2OS2. The maximum absolute atomic E-state index is 6.18. The molecule has 1 aromatic carbocycles. The molecule has 2 N–H and O–H groups in total. The summed E-state index contributed by atoms with van der Waals surface area (Å²) < 4.78 is 6.62. The molecule has 0 spiro atoms. The minimum atomic E-state index is 0.0223. The van der Waals surface area contributed by atoms with Gasteiger partial charge in [-0.2, -0.15) is 0 Å². The van der Waals surface area contributed by atoms with Crippen molar-refractivity contribution in [3.63, 3.8) is 0 Å². The summed E-state index contributed by atoms with van der Waals surface area (Å²) in [4.78, 5) is 4.24. The molecule has 0 bridgehead atoms. The fourth-order valence-corrected chi connectivity index (χ4v) is 3.22. The first-order valence-corrected chi connectivity index (χ1v) is 8.16. The van der Waals surface area contributed by atoms with Crippen LogP contribution in [0.4, 0.5) is 0 Å². The Bertz CT molecular complexity index is 471. The number of hydrogen-bond donors (Lipinski definition) is 1. The van der Waals surface area contributed by atoms with Gasteiger partial charge in [0.25, 0.3) is 0 Å². The fourth-order valence-electron chi connectivity index (χ4n) is 1.57. The van der Waals surface area contributed by atoms with E-state index in [1.54, 1.807) is 23.1 Å². The van der Waals surface area contributed by atoms with Crippen molar-refractivity contribution in [2.24, 2.45) is 5.73 Å². The SMILES string of the molecule is CCCOc1ccc(C(N)CSc2nccs2)cc1. The third kappa shape index (κ3) is 4.53. The van der Waals surface area contributed by atoms with E-state index in [4.69, 9.17) is 10.5 Å². The number of thiazole rings is 1. The second-order valence-corrected chi connectivity index (χ2v) is 6.29. The highest BCUT2D eigenvalue weighted by Gasteiger charge is 2.08. The Morgan fingerprint density at radius 2 is 2.16 bits per heavy atom. The summed E-state index contributed by atoms with van der Waals surface area (Å²) >= 11 is 3.35. The lowest BCUT2D eigenvalue weighted by atomic mass is 10.1. The van der Waals surface area contributed by atoms with E-state index in [9.17, 15) is 0 Å². The second-order valence-electron chi connectivity index (χ2n) is 4.13. The van der Waals surface area contributed by atoms with E-state index in [2.05, 4.69) is 11.9 Å². The molecule has 0 aliphatic heterocycles. The van der Waals surface area contributed by atoms with E-state index in [1.807, 2.05) is 35.8 Å². The van der Waals surface area contributed by atoms with Gasteiger partial charge in [0.15, 0.2) is 0 Å². The molecular weight excluding hydrogens is 276 g/mol. The summed E-state index contributed by atoms with van der Waals surface area (Å²) in [5.74, 6) is 1.74. The van der Waals surface area contributed by atoms with E-state index < -0.39 is 0 Å². The molecule has 1 aromatic heterocycles. The number of nitrogens with two attached hydrogens (primary N) is 1. The van der Waals surface area contributed by atoms with Gasteiger partial charge in [-0.3, -0.25) is 0 Å². The van der Waals surface area contributed by atoms with Crippen LogP contribution in [0, 0.1) is 0 Å². The smallest absolute Gasteiger partial charge is 0.149 e. The van der Waals surface area contributed by atoms with E-state index in [0.29, 0.717) is 0 Å². The number of hydrogen-bond acceptors (Lipinski definition) is 5. The molecule has 0 fully saturated rings. The summed E-state index contributed by atoms with van der Waals surface area (Å²) in [5.41, 5.74) is 7.31. The van der Waals surface area contributed by atoms with Crippen molar-refractivity contribution in [2.45, 2.75) is 23.7 Å². The standard InChI is InChI=1S/C14H18N2OS2/c1-2-8-17-12-5-3-11(4-6-12)13(15)10-19-14-16-7-9-18-14/h3-7,9,13H,2,8,10,15H2,1H3. The fraction of sp³-hybridized carbons (Fsp3) is 0.357. The van der Waals surface area contributed by atoms with Crippen molar-refractivity contribution in [3.05, 3.63) is 41.4 Å². The van der Waals surface area contributed by atoms with Crippen molar-refractivity contribution in [1.29, 1.82) is 0 Å². The van der Waals surface area contributed by atoms with Crippen molar-refractivity contribution in [2.75, 3.05) is 12.4 Å². The lowest BCUT2D eigenvalue weighted by Gasteiger charge is -2.12. The van der Waals surface area contributed by atoms with Gasteiger partial charge >= 0.3 is 0 Å². The normalized spacial score (nSPS) is 12.3. The lowest BCUT2D eigenvalue weighted by Crippen LogP contribution is -2.12. The number of rotatable bonds is 7. The Balaban J connectivity index is 1.86. The second kappa shape index (κ2) is 7.53. The number of thioether (sulfide) groups is 1. The van der Waals surface area contributed by atoms with Crippen LogP contribution in [-0.4, -0.2) is 17.3 Å². The zero-order valence-electron chi connectivity index (χ0n) is 10.9. The molecule has 0 amide bonds. The number of benzene rings is 1. The first-order chi connectivity index (χ1) is 9.29. The predicted octanol–water partition coefficient (Wildman–Crippen LogP) is 3.72. The topological polar surface area (TPSA) is 48.1 Å². The highest BCUT2D eigenvalue weighted by Crippen LogP contribution is 2.25. The first kappa shape index (κ1) is 14.4. The third-order valence-corrected chi connectivity index (χ3v) is 4.66. The van der Waals surface area contributed by atoms with Gasteiger partial charge in [-0.05, 0) is 24.1 Å². The zero-order valence-corrected chi connectivity index (χ0v) is 12.5. The largest absolute Gasteiger partial charge is 0.494 e. The van der Waals surface area contributed by atoms with Gasteiger partial charge in [0.05, 0.1) is 6.61 Å². The van der Waals surface area contributed by atoms with Crippen LogP contribution in [0.2, 0.25) is 0 Å². The zero-order chi connectivity index (χ0) is 13.5. The Kier molecular flexibility index (Phi) is 5.69. The average molecular weight is 294 g/mol. The van der Waals surface area contributed by atoms with Crippen molar-refractivity contribution < 1.29 is 4.74 Å². The molecule has 2 aromatic rings. The molecule has 1 atom stereocenters. The van der Waals surface area contributed by atoms with Gasteiger partial charge in [-0.15, -0.1) is 11.3 Å². The van der Waals surface area contributed by atoms with Crippen LogP contribution >= 0.6 is 23.1 Å². The van der Waals surface area contributed by atoms with Gasteiger partial charge in [-0.25, -0.2) is 4.98 Å². The van der Waals surface area contributed by atoms with Crippen LogP contribution in [0.5, 0.6) is 5.75 Å². The Labute approximate surface area is 122 Å². The molecule has 102 valence electrons. The summed E-state index contributed by atoms with van der Waals surface area (Å²) in [6, 6.07) is 8.07. The Morgan fingerprint density at radius 1 is 1.37 bits per heavy atom. The molecule has 0 saturated heterocycles. The van der Waals surface area contributed by atoms with Gasteiger partial charge in [0.1, 0.15) is 10.1 Å². The molecule has 1 heterocycles. The van der Waals surface area contributed by atoms with Crippen LogP contribution < -0.4 is 10.5 Å². The van der Waals surface area contributed by atoms with Gasteiger partial charge in [0.2, 0.25) is 0 Å². The molecule has 5 heteroatoms. The number of aromatic nitrogens is 1. The monoisotopic (exact) mass is 294 g/mol. The quantitative estimate of drug-likeness (QED) is 0.791. The van der Waals surface area contributed by atoms with Crippen molar-refractivity contribution in [1.82, 2.24) is 4.98 Å². The van der Waals surface area contributed by atoms with E-state index in [0.717, 1.165) is 34.4 Å². The van der Waals surface area contributed by atoms with Gasteiger partial charge < -0.3 is 10.5 Å². The van der Waals surface area contributed by atoms with Gasteiger partial charge in [-0.1, -0.05) is 30.8 Å². The van der Waals surface area contributed by atoms with Crippen LogP contribution in [0.15, 0.2) is 40.2 Å². The average Bonchev–Trinajstić information content (AvgIpc) is 2.96. The van der Waals surface area contributed by atoms with Crippen LogP contribution in [-0.2, 0) is 0 Å². The maximum Gasteiger partial charge on any atom is 0.149 e. The molecule has 0 saturated carbocycles. The van der Waals surface area contributed by atoms with Crippen molar-refractivity contribution >= 4 is 23.1 Å². The highest BCUT2D eigenvalue weighted by atomic mass is 32.2. The Hall–Kier alpha value is -1.04. The van der Waals surface area contributed by atoms with Crippen LogP contribution in [0.1, 0.15) is 24.9 Å². The maximum atomic E-state index is 6.18. The number of nitrogens with zero attached hydrogens (tertiary/aromatic N) is 1.